The molecular weight excluding hydrogens is 275 g/mol. The van der Waals surface area contributed by atoms with Crippen LogP contribution >= 0.6 is 0 Å². The molecule has 0 spiro atoms. The molecule has 1 aromatic carbocycles. The molecule has 0 bridgehead atoms. The first kappa shape index (κ1) is 14.4. The van der Waals surface area contributed by atoms with Gasteiger partial charge in [0.25, 0.3) is 5.91 Å². The summed E-state index contributed by atoms with van der Waals surface area (Å²) < 4.78 is 13.5. The number of carboxylic acid groups (broad SMARTS) is 1. The molecule has 0 atom stereocenters. The largest absolute Gasteiger partial charge is 0.478 e. The summed E-state index contributed by atoms with van der Waals surface area (Å²) in [6, 6.07) is 7.11. The lowest BCUT2D eigenvalue weighted by molar-refractivity contribution is -0.131. The molecule has 106 valence electrons. The van der Waals surface area contributed by atoms with Gasteiger partial charge in [0.1, 0.15) is 5.82 Å². The molecular formula is C15H11FN2O3. The number of aromatic nitrogens is 1. The van der Waals surface area contributed by atoms with E-state index in [9.17, 15) is 14.0 Å². The zero-order valence-corrected chi connectivity index (χ0v) is 10.8. The number of carbonyl (C=O) groups is 2. The lowest BCUT2D eigenvalue weighted by Crippen LogP contribution is -2.12. The van der Waals surface area contributed by atoms with Gasteiger partial charge in [-0.2, -0.15) is 0 Å². The zero-order valence-electron chi connectivity index (χ0n) is 10.8. The highest BCUT2D eigenvalue weighted by atomic mass is 19.1. The Labute approximate surface area is 119 Å². The zero-order chi connectivity index (χ0) is 15.2. The fourth-order valence-electron chi connectivity index (χ4n) is 1.61. The van der Waals surface area contributed by atoms with Gasteiger partial charge in [-0.25, -0.2) is 9.18 Å². The van der Waals surface area contributed by atoms with E-state index >= 15 is 0 Å². The van der Waals surface area contributed by atoms with Crippen LogP contribution in [0.1, 0.15) is 15.9 Å². The van der Waals surface area contributed by atoms with E-state index in [-0.39, 0.29) is 11.5 Å². The quantitative estimate of drug-likeness (QED) is 0.847. The summed E-state index contributed by atoms with van der Waals surface area (Å²) >= 11 is 0. The fourth-order valence-corrected chi connectivity index (χ4v) is 1.61. The molecule has 5 nitrogen and oxygen atoms in total. The lowest BCUT2D eigenvalue weighted by atomic mass is 10.1. The molecule has 0 aliphatic rings. The van der Waals surface area contributed by atoms with E-state index in [0.717, 1.165) is 18.2 Å². The number of halogens is 1. The van der Waals surface area contributed by atoms with Crippen LogP contribution in [-0.4, -0.2) is 22.0 Å². The molecule has 0 saturated heterocycles. The van der Waals surface area contributed by atoms with Gasteiger partial charge in [0.05, 0.1) is 5.56 Å². The van der Waals surface area contributed by atoms with E-state index in [1.165, 1.54) is 18.3 Å². The van der Waals surface area contributed by atoms with E-state index in [4.69, 9.17) is 5.11 Å². The predicted octanol–water partition coefficient (Wildman–Crippen LogP) is 2.57. The molecule has 2 N–H and O–H groups in total. The predicted molar refractivity (Wildman–Crippen MR) is 75.3 cm³/mol. The molecule has 1 heterocycles. The third-order valence-electron chi connectivity index (χ3n) is 2.58. The summed E-state index contributed by atoms with van der Waals surface area (Å²) in [5.74, 6) is -2.14. The third kappa shape index (κ3) is 3.97. The molecule has 6 heteroatoms. The van der Waals surface area contributed by atoms with Crippen LogP contribution in [0.3, 0.4) is 0 Å². The maximum atomic E-state index is 13.5. The van der Waals surface area contributed by atoms with Gasteiger partial charge in [-0.1, -0.05) is 0 Å². The highest BCUT2D eigenvalue weighted by Gasteiger charge is 2.07. The normalized spacial score (nSPS) is 10.5. The number of nitrogens with one attached hydrogen (secondary N) is 1. The van der Waals surface area contributed by atoms with Gasteiger partial charge in [-0.3, -0.25) is 9.78 Å². The molecule has 21 heavy (non-hydrogen) atoms. The van der Waals surface area contributed by atoms with Gasteiger partial charge in [0, 0.05) is 29.7 Å². The average molecular weight is 286 g/mol. The third-order valence-corrected chi connectivity index (χ3v) is 2.58. The Bertz CT molecular complexity index is 699. The average Bonchev–Trinajstić information content (AvgIpc) is 2.48. The van der Waals surface area contributed by atoms with Crippen molar-refractivity contribution in [3.8, 4) is 0 Å². The number of carboxylic acids is 1. The van der Waals surface area contributed by atoms with Crippen LogP contribution in [0, 0.1) is 5.82 Å². The van der Waals surface area contributed by atoms with Crippen molar-refractivity contribution in [3.63, 3.8) is 0 Å². The Kier molecular flexibility index (Phi) is 4.40. The fraction of sp³-hybridized carbons (Fsp3) is 0. The summed E-state index contributed by atoms with van der Waals surface area (Å²) in [4.78, 5) is 26.2. The van der Waals surface area contributed by atoms with Crippen molar-refractivity contribution in [1.82, 2.24) is 4.98 Å². The minimum Gasteiger partial charge on any atom is -0.478 e. The van der Waals surface area contributed by atoms with Crippen molar-refractivity contribution >= 4 is 23.6 Å². The van der Waals surface area contributed by atoms with Crippen LogP contribution in [0.4, 0.5) is 10.1 Å². The van der Waals surface area contributed by atoms with Crippen molar-refractivity contribution in [1.29, 1.82) is 0 Å². The molecule has 2 aromatic rings. The first-order valence-corrected chi connectivity index (χ1v) is 5.98. The molecule has 0 fully saturated rings. The van der Waals surface area contributed by atoms with E-state index < -0.39 is 11.8 Å². The number of amides is 1. The van der Waals surface area contributed by atoms with Gasteiger partial charge in [0.15, 0.2) is 0 Å². The van der Waals surface area contributed by atoms with Gasteiger partial charge in [-0.15, -0.1) is 0 Å². The molecule has 0 radical (unpaired) electrons. The summed E-state index contributed by atoms with van der Waals surface area (Å²) in [7, 11) is 0. The number of hydrogen-bond acceptors (Lipinski definition) is 3. The van der Waals surface area contributed by atoms with Crippen LogP contribution < -0.4 is 5.32 Å². The summed E-state index contributed by atoms with van der Waals surface area (Å²) in [5, 5.41) is 11.1. The minimum absolute atomic E-state index is 0.0707. The SMILES string of the molecule is O=C(O)/C=C/c1cc(NC(=O)c2cccnc2)ccc1F. The van der Waals surface area contributed by atoms with Crippen LogP contribution in [0.2, 0.25) is 0 Å². The van der Waals surface area contributed by atoms with Gasteiger partial charge < -0.3 is 10.4 Å². The lowest BCUT2D eigenvalue weighted by Gasteiger charge is -2.06. The monoisotopic (exact) mass is 286 g/mol. The van der Waals surface area contributed by atoms with Gasteiger partial charge in [-0.05, 0) is 36.4 Å². The molecule has 0 saturated carbocycles. The first-order chi connectivity index (χ1) is 10.1. The van der Waals surface area contributed by atoms with E-state index in [1.807, 2.05) is 0 Å². The van der Waals surface area contributed by atoms with Gasteiger partial charge in [0.2, 0.25) is 0 Å². The maximum absolute atomic E-state index is 13.5. The Morgan fingerprint density at radius 2 is 2.10 bits per heavy atom. The van der Waals surface area contributed by atoms with Crippen LogP contribution in [0.5, 0.6) is 0 Å². The molecule has 1 aromatic heterocycles. The highest BCUT2D eigenvalue weighted by molar-refractivity contribution is 6.04. The first-order valence-electron chi connectivity index (χ1n) is 5.98. The minimum atomic E-state index is -1.18. The smallest absolute Gasteiger partial charge is 0.328 e. The number of pyridine rings is 1. The second kappa shape index (κ2) is 6.42. The second-order valence-electron chi connectivity index (χ2n) is 4.10. The number of benzene rings is 1. The Hall–Kier alpha value is -3.02. The number of carbonyl (C=O) groups excluding carboxylic acids is 1. The van der Waals surface area contributed by atoms with E-state index in [0.29, 0.717) is 11.3 Å². The Balaban J connectivity index is 2.19. The number of hydrogen-bond donors (Lipinski definition) is 2. The molecule has 0 aliphatic heterocycles. The highest BCUT2D eigenvalue weighted by Crippen LogP contribution is 2.17. The number of rotatable bonds is 4. The number of nitrogens with zero attached hydrogens (tertiary/aromatic N) is 1. The van der Waals surface area contributed by atoms with Crippen molar-refractivity contribution in [2.24, 2.45) is 0 Å². The van der Waals surface area contributed by atoms with Crippen molar-refractivity contribution in [2.75, 3.05) is 5.32 Å². The summed E-state index contributed by atoms with van der Waals surface area (Å²) in [5.41, 5.74) is 0.793. The summed E-state index contributed by atoms with van der Waals surface area (Å²) in [6.45, 7) is 0. The topological polar surface area (TPSA) is 79.3 Å². The molecule has 1 amide bonds. The van der Waals surface area contributed by atoms with Gasteiger partial charge >= 0.3 is 5.97 Å². The van der Waals surface area contributed by atoms with Crippen molar-refractivity contribution in [3.05, 3.63) is 65.7 Å². The number of anilines is 1. The molecule has 2 rings (SSSR count). The van der Waals surface area contributed by atoms with Crippen LogP contribution in [0.25, 0.3) is 6.08 Å². The Morgan fingerprint density at radius 3 is 2.76 bits per heavy atom. The molecule has 0 aliphatic carbocycles. The summed E-state index contributed by atoms with van der Waals surface area (Å²) in [6.07, 6.45) is 4.90. The standard InChI is InChI=1S/C15H11FN2O3/c16-13-5-4-12(8-10(13)3-6-14(19)20)18-15(21)11-2-1-7-17-9-11/h1-9H,(H,18,21)(H,19,20)/b6-3+. The second-order valence-corrected chi connectivity index (χ2v) is 4.10. The van der Waals surface area contributed by atoms with Crippen LogP contribution in [0.15, 0.2) is 48.8 Å². The maximum Gasteiger partial charge on any atom is 0.328 e. The van der Waals surface area contributed by atoms with Crippen molar-refractivity contribution in [2.45, 2.75) is 0 Å². The van der Waals surface area contributed by atoms with E-state index in [1.54, 1.807) is 18.3 Å². The van der Waals surface area contributed by atoms with Crippen LogP contribution in [-0.2, 0) is 4.79 Å². The molecule has 0 unspecified atom stereocenters. The Morgan fingerprint density at radius 1 is 1.29 bits per heavy atom. The number of aliphatic carboxylic acids is 1. The van der Waals surface area contributed by atoms with Crippen molar-refractivity contribution < 1.29 is 19.1 Å². The van der Waals surface area contributed by atoms with E-state index in [2.05, 4.69) is 10.3 Å².